The molecule has 1 heteroatoms. The fourth-order valence-corrected chi connectivity index (χ4v) is 4.92. The molecule has 0 atom stereocenters. The van der Waals surface area contributed by atoms with E-state index in [0.29, 0.717) is 0 Å². The predicted molar refractivity (Wildman–Crippen MR) is 128 cm³/mol. The van der Waals surface area contributed by atoms with Gasteiger partial charge in [0.1, 0.15) is 0 Å². The lowest BCUT2D eigenvalue weighted by Crippen LogP contribution is -2.19. The first kappa shape index (κ1) is 18.9. The fourth-order valence-electron chi connectivity index (χ4n) is 4.92. The van der Waals surface area contributed by atoms with Crippen LogP contribution in [0, 0.1) is 6.92 Å². The van der Waals surface area contributed by atoms with Gasteiger partial charge in [-0.1, -0.05) is 73.5 Å². The van der Waals surface area contributed by atoms with E-state index in [1.807, 2.05) is 0 Å². The Hall–Kier alpha value is -3.06. The molecule has 0 saturated carbocycles. The highest BCUT2D eigenvalue weighted by atomic mass is 15.1. The summed E-state index contributed by atoms with van der Waals surface area (Å²) in [6.45, 7) is 9.07. The molecule has 2 aliphatic carbocycles. The maximum Gasteiger partial charge on any atom is 0.0461 e. The molecule has 0 spiro atoms. The number of rotatable bonds is 3. The van der Waals surface area contributed by atoms with E-state index >= 15 is 0 Å². The monoisotopic (exact) mass is 391 g/mol. The van der Waals surface area contributed by atoms with Gasteiger partial charge >= 0.3 is 0 Å². The molecule has 2 aliphatic rings. The molecule has 0 fully saturated rings. The lowest BCUT2D eigenvalue weighted by atomic mass is 9.82. The van der Waals surface area contributed by atoms with Crippen molar-refractivity contribution < 1.29 is 0 Å². The Morgan fingerprint density at radius 1 is 0.700 bits per heavy atom. The van der Waals surface area contributed by atoms with Crippen LogP contribution in [0.25, 0.3) is 11.1 Å². The number of fused-ring (bicyclic) bond motifs is 3. The van der Waals surface area contributed by atoms with E-state index in [-0.39, 0.29) is 5.41 Å². The Balaban J connectivity index is 1.66. The first-order chi connectivity index (χ1) is 14.4. The number of allylic oxidation sites excluding steroid dienone is 4. The Labute approximate surface area is 180 Å². The average Bonchev–Trinajstić information content (AvgIpc) is 2.98. The van der Waals surface area contributed by atoms with Gasteiger partial charge in [-0.15, -0.1) is 0 Å². The molecule has 0 amide bonds. The number of anilines is 2. The molecule has 0 saturated heterocycles. The van der Waals surface area contributed by atoms with E-state index in [0.717, 1.165) is 12.8 Å². The lowest BCUT2D eigenvalue weighted by Gasteiger charge is -2.31. The van der Waals surface area contributed by atoms with Crippen molar-refractivity contribution in [1.29, 1.82) is 0 Å². The molecule has 3 aromatic carbocycles. The van der Waals surface area contributed by atoms with E-state index in [1.165, 1.54) is 50.5 Å². The van der Waals surface area contributed by atoms with Crippen molar-refractivity contribution in [2.24, 2.45) is 0 Å². The van der Waals surface area contributed by atoms with Gasteiger partial charge in [0.15, 0.2) is 0 Å². The van der Waals surface area contributed by atoms with Gasteiger partial charge in [-0.05, 0) is 79.3 Å². The molecule has 0 unspecified atom stereocenters. The van der Waals surface area contributed by atoms with E-state index in [9.17, 15) is 0 Å². The smallest absolute Gasteiger partial charge is 0.0461 e. The normalized spacial score (nSPS) is 16.4. The van der Waals surface area contributed by atoms with Crippen LogP contribution in [0.15, 0.2) is 90.2 Å². The van der Waals surface area contributed by atoms with Crippen LogP contribution in [0.3, 0.4) is 0 Å². The van der Waals surface area contributed by atoms with E-state index in [4.69, 9.17) is 0 Å². The first-order valence-corrected chi connectivity index (χ1v) is 10.9. The van der Waals surface area contributed by atoms with Crippen molar-refractivity contribution in [3.63, 3.8) is 0 Å². The van der Waals surface area contributed by atoms with Crippen molar-refractivity contribution >= 4 is 11.4 Å². The van der Waals surface area contributed by atoms with Gasteiger partial charge < -0.3 is 4.90 Å². The summed E-state index contributed by atoms with van der Waals surface area (Å²) >= 11 is 0. The first-order valence-electron chi connectivity index (χ1n) is 10.9. The number of nitrogens with zero attached hydrogens (tertiary/aromatic N) is 1. The summed E-state index contributed by atoms with van der Waals surface area (Å²) in [6, 6.07) is 24.8. The molecule has 0 aliphatic heterocycles. The highest BCUT2D eigenvalue weighted by Crippen LogP contribution is 2.50. The lowest BCUT2D eigenvalue weighted by molar-refractivity contribution is 0.660. The minimum absolute atomic E-state index is 0.0122. The summed E-state index contributed by atoms with van der Waals surface area (Å²) < 4.78 is 0. The summed E-state index contributed by atoms with van der Waals surface area (Å²) in [5.41, 5.74) is 12.2. The molecule has 3 aromatic rings. The summed E-state index contributed by atoms with van der Waals surface area (Å²) in [5, 5.41) is 0. The largest absolute Gasteiger partial charge is 0.314 e. The van der Waals surface area contributed by atoms with Crippen molar-refractivity contribution in [1.82, 2.24) is 0 Å². The summed E-state index contributed by atoms with van der Waals surface area (Å²) in [6.07, 6.45) is 6.76. The molecular weight excluding hydrogens is 362 g/mol. The van der Waals surface area contributed by atoms with Crippen LogP contribution in [0.2, 0.25) is 0 Å². The van der Waals surface area contributed by atoms with Crippen LogP contribution in [0.4, 0.5) is 11.4 Å². The minimum atomic E-state index is 0.0122. The van der Waals surface area contributed by atoms with Gasteiger partial charge in [-0.3, -0.25) is 0 Å². The third-order valence-corrected chi connectivity index (χ3v) is 6.74. The Kier molecular flexibility index (Phi) is 4.43. The van der Waals surface area contributed by atoms with Crippen LogP contribution in [-0.2, 0) is 5.41 Å². The fraction of sp³-hybridized carbons (Fsp3) is 0.241. The highest BCUT2D eigenvalue weighted by molar-refractivity contribution is 5.84. The van der Waals surface area contributed by atoms with Crippen molar-refractivity contribution in [2.45, 2.75) is 46.0 Å². The number of aryl methyl sites for hydroxylation is 1. The number of benzene rings is 3. The van der Waals surface area contributed by atoms with Gasteiger partial charge in [0, 0.05) is 22.5 Å². The average molecular weight is 392 g/mol. The van der Waals surface area contributed by atoms with Crippen LogP contribution < -0.4 is 4.90 Å². The minimum Gasteiger partial charge on any atom is -0.314 e. The SMILES string of the molecule is CC1=CC=C(N(c2ccc(C)cc2)c2ccc3c(c2)C(C)(C)c2ccccc2-3)CC1. The predicted octanol–water partition coefficient (Wildman–Crippen LogP) is 8.06. The molecule has 0 bridgehead atoms. The maximum atomic E-state index is 2.45. The molecular formula is C29H29N. The molecule has 30 heavy (non-hydrogen) atoms. The highest BCUT2D eigenvalue weighted by Gasteiger charge is 2.35. The molecule has 5 rings (SSSR count). The molecule has 0 radical (unpaired) electrons. The Morgan fingerprint density at radius 3 is 2.13 bits per heavy atom. The second-order valence-electron chi connectivity index (χ2n) is 9.24. The van der Waals surface area contributed by atoms with Gasteiger partial charge in [0.25, 0.3) is 0 Å². The molecule has 150 valence electrons. The molecule has 0 aromatic heterocycles. The third-order valence-electron chi connectivity index (χ3n) is 6.74. The zero-order chi connectivity index (χ0) is 20.9. The van der Waals surface area contributed by atoms with Crippen LogP contribution in [-0.4, -0.2) is 0 Å². The van der Waals surface area contributed by atoms with Crippen molar-refractivity contribution in [2.75, 3.05) is 4.90 Å². The second kappa shape index (κ2) is 7.02. The topological polar surface area (TPSA) is 3.24 Å². The van der Waals surface area contributed by atoms with Gasteiger partial charge in [0.2, 0.25) is 0 Å². The molecule has 0 N–H and O–H groups in total. The Bertz CT molecular complexity index is 1180. The van der Waals surface area contributed by atoms with Crippen LogP contribution in [0.5, 0.6) is 0 Å². The van der Waals surface area contributed by atoms with Gasteiger partial charge in [0.05, 0.1) is 0 Å². The third kappa shape index (κ3) is 3.01. The quantitative estimate of drug-likeness (QED) is 0.436. The standard InChI is InChI=1S/C29H29N/c1-20-9-13-22(14-10-20)30(23-15-11-21(2)12-16-23)24-17-18-26-25-7-5-6-8-27(25)29(3,4)28(26)19-24/h5-11,13-15,17-19H,12,16H2,1-4H3. The van der Waals surface area contributed by atoms with E-state index in [2.05, 4.69) is 111 Å². The van der Waals surface area contributed by atoms with Gasteiger partial charge in [-0.2, -0.15) is 0 Å². The van der Waals surface area contributed by atoms with Crippen LogP contribution in [0.1, 0.15) is 50.3 Å². The van der Waals surface area contributed by atoms with E-state index in [1.54, 1.807) is 0 Å². The zero-order valence-corrected chi connectivity index (χ0v) is 18.4. The summed E-state index contributed by atoms with van der Waals surface area (Å²) in [4.78, 5) is 2.45. The van der Waals surface area contributed by atoms with E-state index < -0.39 is 0 Å². The summed E-state index contributed by atoms with van der Waals surface area (Å²) in [7, 11) is 0. The summed E-state index contributed by atoms with van der Waals surface area (Å²) in [5.74, 6) is 0. The van der Waals surface area contributed by atoms with Crippen molar-refractivity contribution in [3.8, 4) is 11.1 Å². The number of hydrogen-bond acceptors (Lipinski definition) is 1. The molecule has 1 nitrogen and oxygen atoms in total. The molecule has 0 heterocycles. The van der Waals surface area contributed by atoms with Crippen molar-refractivity contribution in [3.05, 3.63) is 107 Å². The van der Waals surface area contributed by atoms with Gasteiger partial charge in [-0.25, -0.2) is 0 Å². The number of hydrogen-bond donors (Lipinski definition) is 0. The zero-order valence-electron chi connectivity index (χ0n) is 18.4. The maximum absolute atomic E-state index is 2.45. The second-order valence-corrected chi connectivity index (χ2v) is 9.24. The van der Waals surface area contributed by atoms with Crippen LogP contribution >= 0.6 is 0 Å². The Morgan fingerprint density at radius 2 is 1.40 bits per heavy atom.